The molecule has 1 rings (SSSR count). The highest BCUT2D eigenvalue weighted by atomic mass is 79.9. The van der Waals surface area contributed by atoms with Gasteiger partial charge in [0.15, 0.2) is 0 Å². The first kappa shape index (κ1) is 23.0. The summed E-state index contributed by atoms with van der Waals surface area (Å²) in [6.45, 7) is 0.0340. The predicted molar refractivity (Wildman–Crippen MR) is 99.1 cm³/mol. The molecule has 0 aliphatic rings. The van der Waals surface area contributed by atoms with Gasteiger partial charge in [0.05, 0.1) is 5.75 Å². The predicted octanol–water partition coefficient (Wildman–Crippen LogP) is 0.837. The lowest BCUT2D eigenvalue weighted by atomic mass is 10.2. The number of carboxylic acids is 1. The summed E-state index contributed by atoms with van der Waals surface area (Å²) in [5, 5.41) is 13.5. The van der Waals surface area contributed by atoms with Crippen LogP contribution in [0.15, 0.2) is 16.6 Å². The molecular formula is C15H20BrN3O7S. The number of aromatic nitrogens is 1. The third-order valence-electron chi connectivity index (χ3n) is 3.25. The summed E-state index contributed by atoms with van der Waals surface area (Å²) in [5.41, 5.74) is -0.0961. The second-order valence-electron chi connectivity index (χ2n) is 5.56. The Morgan fingerprint density at radius 2 is 1.56 bits per heavy atom. The Hall–Kier alpha value is -2.05. The van der Waals surface area contributed by atoms with Crippen molar-refractivity contribution in [2.24, 2.45) is 0 Å². The van der Waals surface area contributed by atoms with Crippen LogP contribution >= 0.6 is 15.9 Å². The number of nitrogens with one attached hydrogen (secondary N) is 2. The highest BCUT2D eigenvalue weighted by Gasteiger charge is 2.15. The Bertz CT molecular complexity index is 799. The second-order valence-corrected chi connectivity index (χ2v) is 8.05. The van der Waals surface area contributed by atoms with Crippen LogP contribution in [0.5, 0.6) is 0 Å². The summed E-state index contributed by atoms with van der Waals surface area (Å²) in [5.74, 6) is -2.69. The van der Waals surface area contributed by atoms with E-state index in [0.29, 0.717) is 30.3 Å². The van der Waals surface area contributed by atoms with Gasteiger partial charge >= 0.3 is 5.97 Å². The first-order valence-corrected chi connectivity index (χ1v) is 10.4. The van der Waals surface area contributed by atoms with E-state index in [1.807, 2.05) is 0 Å². The monoisotopic (exact) mass is 465 g/mol. The number of amides is 2. The molecule has 0 aliphatic carbocycles. The third-order valence-corrected chi connectivity index (χ3v) is 4.43. The van der Waals surface area contributed by atoms with Crippen LogP contribution in [-0.2, 0) is 14.9 Å². The molecule has 0 unspecified atom stereocenters. The van der Waals surface area contributed by atoms with E-state index in [1.165, 1.54) is 12.1 Å². The molecule has 0 radical (unpaired) electrons. The Balaban J connectivity index is 2.57. The Morgan fingerprint density at radius 3 is 2.07 bits per heavy atom. The van der Waals surface area contributed by atoms with Crippen LogP contribution in [0.4, 0.5) is 0 Å². The Labute approximate surface area is 164 Å². The molecule has 0 saturated heterocycles. The molecule has 0 aliphatic heterocycles. The summed E-state index contributed by atoms with van der Waals surface area (Å²) >= 11 is 3.17. The number of hydrogen-bond acceptors (Lipinski definition) is 6. The number of carboxylic acid groups (broad SMARTS) is 1. The van der Waals surface area contributed by atoms with Gasteiger partial charge in [0.25, 0.3) is 21.9 Å². The lowest BCUT2D eigenvalue weighted by Gasteiger charge is -2.08. The van der Waals surface area contributed by atoms with Crippen LogP contribution in [0.3, 0.4) is 0 Å². The molecule has 4 N–H and O–H groups in total. The van der Waals surface area contributed by atoms with Gasteiger partial charge in [-0.15, -0.1) is 0 Å². The summed E-state index contributed by atoms with van der Waals surface area (Å²) in [7, 11) is -4.19. The summed E-state index contributed by atoms with van der Waals surface area (Å²) in [4.78, 5) is 38.5. The Morgan fingerprint density at radius 1 is 1.00 bits per heavy atom. The van der Waals surface area contributed by atoms with Crippen molar-refractivity contribution < 1.29 is 32.5 Å². The fraction of sp³-hybridized carbons (Fsp3) is 0.467. The highest BCUT2D eigenvalue weighted by molar-refractivity contribution is 9.10. The fourth-order valence-electron chi connectivity index (χ4n) is 1.98. The van der Waals surface area contributed by atoms with Gasteiger partial charge in [0.2, 0.25) is 0 Å². The van der Waals surface area contributed by atoms with E-state index >= 15 is 0 Å². The maximum Gasteiger partial charge on any atom is 0.303 e. The molecule has 2 amide bonds. The van der Waals surface area contributed by atoms with Crippen molar-refractivity contribution in [3.05, 3.63) is 28.0 Å². The zero-order valence-electron chi connectivity index (χ0n) is 14.3. The number of nitrogens with zero attached hydrogens (tertiary/aromatic N) is 1. The van der Waals surface area contributed by atoms with Crippen molar-refractivity contribution in [2.75, 3.05) is 18.8 Å². The number of carbonyl (C=O) groups is 3. The molecule has 0 saturated carbocycles. The van der Waals surface area contributed by atoms with Crippen LogP contribution in [0.2, 0.25) is 0 Å². The van der Waals surface area contributed by atoms with Gasteiger partial charge < -0.3 is 15.7 Å². The Kier molecular flexibility index (Phi) is 9.32. The number of halogens is 1. The van der Waals surface area contributed by atoms with Gasteiger partial charge in [-0.05, 0) is 25.0 Å². The molecule has 12 heteroatoms. The number of pyridine rings is 1. The van der Waals surface area contributed by atoms with E-state index in [1.54, 1.807) is 0 Å². The summed E-state index contributed by atoms with van der Waals surface area (Å²) < 4.78 is 30.4. The number of unbranched alkanes of at least 4 members (excludes halogenated alkanes) is 2. The molecule has 10 nitrogen and oxygen atoms in total. The van der Waals surface area contributed by atoms with Crippen molar-refractivity contribution in [1.82, 2.24) is 15.6 Å². The standard InChI is InChI=1S/C15H20BrN3O7S/c16-10-8-11(14(22)17-5-3-1-2-4-13(20)21)19-12(9-10)15(23)18-6-7-27(24,25)26/h8-9H,1-7H2,(H,17,22)(H,18,23)(H,20,21)(H,24,25,26). The topological polar surface area (TPSA) is 163 Å². The third kappa shape index (κ3) is 10.0. The number of rotatable bonds is 11. The van der Waals surface area contributed by atoms with Crippen LogP contribution in [0, 0.1) is 0 Å². The van der Waals surface area contributed by atoms with E-state index in [0.717, 1.165) is 0 Å². The van der Waals surface area contributed by atoms with Crippen LogP contribution in [-0.4, -0.2) is 59.7 Å². The maximum absolute atomic E-state index is 12.1. The molecule has 1 heterocycles. The first-order chi connectivity index (χ1) is 12.6. The smallest absolute Gasteiger partial charge is 0.303 e. The molecule has 150 valence electrons. The van der Waals surface area contributed by atoms with Crippen molar-refractivity contribution in [2.45, 2.75) is 25.7 Å². The van der Waals surface area contributed by atoms with E-state index < -0.39 is 33.7 Å². The van der Waals surface area contributed by atoms with E-state index in [9.17, 15) is 22.8 Å². The van der Waals surface area contributed by atoms with Gasteiger partial charge in [-0.25, -0.2) is 4.98 Å². The quantitative estimate of drug-likeness (QED) is 0.275. The highest BCUT2D eigenvalue weighted by Crippen LogP contribution is 2.13. The van der Waals surface area contributed by atoms with Crippen molar-refractivity contribution in [3.8, 4) is 0 Å². The number of aliphatic carboxylic acids is 1. The van der Waals surface area contributed by atoms with Crippen LogP contribution in [0.1, 0.15) is 46.7 Å². The van der Waals surface area contributed by atoms with Crippen molar-refractivity contribution in [1.29, 1.82) is 0 Å². The minimum absolute atomic E-state index is 0.00478. The molecule has 0 bridgehead atoms. The van der Waals surface area contributed by atoms with Gasteiger partial charge in [0.1, 0.15) is 11.4 Å². The van der Waals surface area contributed by atoms with E-state index in [-0.39, 0.29) is 24.4 Å². The molecule has 0 spiro atoms. The lowest BCUT2D eigenvalue weighted by Crippen LogP contribution is -2.31. The van der Waals surface area contributed by atoms with E-state index in [2.05, 4.69) is 31.5 Å². The number of hydrogen-bond donors (Lipinski definition) is 4. The van der Waals surface area contributed by atoms with Gasteiger partial charge in [-0.1, -0.05) is 22.4 Å². The lowest BCUT2D eigenvalue weighted by molar-refractivity contribution is -0.137. The molecule has 0 fully saturated rings. The molecule has 0 aromatic carbocycles. The molecule has 1 aromatic rings. The molecular weight excluding hydrogens is 446 g/mol. The van der Waals surface area contributed by atoms with Gasteiger partial charge in [-0.2, -0.15) is 8.42 Å². The second kappa shape index (κ2) is 10.9. The molecule has 0 atom stereocenters. The summed E-state index contributed by atoms with van der Waals surface area (Å²) in [6, 6.07) is 2.79. The van der Waals surface area contributed by atoms with E-state index in [4.69, 9.17) is 9.66 Å². The van der Waals surface area contributed by atoms with Crippen molar-refractivity contribution in [3.63, 3.8) is 0 Å². The molecule has 1 aromatic heterocycles. The van der Waals surface area contributed by atoms with Gasteiger partial charge in [-0.3, -0.25) is 18.9 Å². The average Bonchev–Trinajstić information content (AvgIpc) is 2.55. The number of carbonyl (C=O) groups excluding carboxylic acids is 2. The average molecular weight is 466 g/mol. The largest absolute Gasteiger partial charge is 0.481 e. The first-order valence-electron chi connectivity index (χ1n) is 7.99. The minimum atomic E-state index is -4.19. The zero-order valence-corrected chi connectivity index (χ0v) is 16.7. The van der Waals surface area contributed by atoms with Crippen molar-refractivity contribution >= 4 is 43.8 Å². The fourth-order valence-corrected chi connectivity index (χ4v) is 2.78. The SMILES string of the molecule is O=C(O)CCCCCNC(=O)c1cc(Br)cc(C(=O)NCCS(=O)(=O)O)n1. The summed E-state index contributed by atoms with van der Waals surface area (Å²) in [6.07, 6.45) is 1.86. The minimum Gasteiger partial charge on any atom is -0.481 e. The zero-order chi connectivity index (χ0) is 20.4. The maximum atomic E-state index is 12.1. The van der Waals surface area contributed by atoms with Crippen LogP contribution in [0.25, 0.3) is 0 Å². The normalized spacial score (nSPS) is 11.0. The molecule has 27 heavy (non-hydrogen) atoms. The van der Waals surface area contributed by atoms with Gasteiger partial charge in [0, 0.05) is 24.0 Å². The van der Waals surface area contributed by atoms with Crippen LogP contribution < -0.4 is 10.6 Å².